The molecule has 0 atom stereocenters. The Morgan fingerprint density at radius 1 is 0.766 bits per heavy atom. The minimum atomic E-state index is -0.294. The average Bonchev–Trinajstić information content (AvgIpc) is 3.69. The van der Waals surface area contributed by atoms with Gasteiger partial charge in [0.15, 0.2) is 5.78 Å². The molecule has 0 unspecified atom stereocenters. The Morgan fingerprint density at radius 3 is 2.02 bits per heavy atom. The number of rotatable bonds is 20. The van der Waals surface area contributed by atoms with Crippen LogP contribution in [0.5, 0.6) is 0 Å². The van der Waals surface area contributed by atoms with Gasteiger partial charge in [-0.15, -0.1) is 0 Å². The highest BCUT2D eigenvalue weighted by Crippen LogP contribution is 2.26. The molecule has 0 bridgehead atoms. The maximum atomic E-state index is 13.8. The molecule has 0 aliphatic carbocycles. The van der Waals surface area contributed by atoms with Gasteiger partial charge in [0.1, 0.15) is 11.3 Å². The van der Waals surface area contributed by atoms with Crippen LogP contribution in [0.25, 0.3) is 16.9 Å². The molecule has 2 aromatic heterocycles. The lowest BCUT2D eigenvalue weighted by Gasteiger charge is -2.16. The van der Waals surface area contributed by atoms with E-state index < -0.39 is 0 Å². The zero-order chi connectivity index (χ0) is 32.8. The monoisotopic (exact) mass is 634 g/mol. The molecule has 0 spiro atoms. The Labute approximate surface area is 279 Å². The molecule has 0 saturated heterocycles. The first-order valence-corrected chi connectivity index (χ1v) is 17.8. The molecular weight excluding hydrogens is 584 g/mol. The van der Waals surface area contributed by atoms with E-state index in [0.717, 1.165) is 31.2 Å². The third kappa shape index (κ3) is 8.97. The van der Waals surface area contributed by atoms with Crippen LogP contribution in [0.1, 0.15) is 123 Å². The molecular formula is C40H50N4O3. The lowest BCUT2D eigenvalue weighted by atomic mass is 10.1. The number of fused-ring (bicyclic) bond motifs is 2. The van der Waals surface area contributed by atoms with Gasteiger partial charge in [-0.3, -0.25) is 14.4 Å². The molecule has 7 heteroatoms. The van der Waals surface area contributed by atoms with Gasteiger partial charge >= 0.3 is 0 Å². The highest BCUT2D eigenvalue weighted by Gasteiger charge is 2.35. The highest BCUT2D eigenvalue weighted by molar-refractivity contribution is 6.00. The summed E-state index contributed by atoms with van der Waals surface area (Å²) in [6, 6.07) is 20.5. The summed E-state index contributed by atoms with van der Waals surface area (Å²) >= 11 is 0. The van der Waals surface area contributed by atoms with Crippen LogP contribution in [0.2, 0.25) is 0 Å². The maximum absolute atomic E-state index is 13.8. The van der Waals surface area contributed by atoms with Gasteiger partial charge in [0, 0.05) is 23.7 Å². The molecule has 2 aromatic carbocycles. The largest absolute Gasteiger partial charge is 0.333 e. The Bertz CT molecular complexity index is 1690. The van der Waals surface area contributed by atoms with Crippen molar-refractivity contribution in [3.8, 4) is 11.3 Å². The summed E-state index contributed by atoms with van der Waals surface area (Å²) in [7, 11) is 0. The molecule has 1 amide bonds. The molecule has 1 aliphatic heterocycles. The second kappa shape index (κ2) is 17.6. The van der Waals surface area contributed by atoms with Crippen LogP contribution < -0.4 is 5.56 Å². The minimum Gasteiger partial charge on any atom is -0.333 e. The van der Waals surface area contributed by atoms with E-state index in [0.29, 0.717) is 34.7 Å². The van der Waals surface area contributed by atoms with Crippen molar-refractivity contribution in [2.75, 3.05) is 6.54 Å². The molecule has 47 heavy (non-hydrogen) atoms. The van der Waals surface area contributed by atoms with Gasteiger partial charge in [0.25, 0.3) is 11.5 Å². The molecule has 7 nitrogen and oxygen atoms in total. The van der Waals surface area contributed by atoms with Crippen LogP contribution in [0.15, 0.2) is 83.7 Å². The zero-order valence-corrected chi connectivity index (χ0v) is 28.0. The predicted molar refractivity (Wildman–Crippen MR) is 190 cm³/mol. The van der Waals surface area contributed by atoms with Crippen molar-refractivity contribution in [3.63, 3.8) is 0 Å². The van der Waals surface area contributed by atoms with E-state index in [1.165, 1.54) is 68.7 Å². The van der Waals surface area contributed by atoms with Crippen molar-refractivity contribution < 1.29 is 9.59 Å². The SMILES string of the molecule is CCCCCCCC/C=C/CCCCCCCCN1Cc2c(n(CC(=O)c3ccccc3)c3cc(-c4ccccc4)nn3c2=O)C1=O. The third-order valence-electron chi connectivity index (χ3n) is 9.22. The molecule has 3 heterocycles. The Hall–Kier alpha value is -4.26. The van der Waals surface area contributed by atoms with Crippen molar-refractivity contribution >= 4 is 17.3 Å². The maximum Gasteiger partial charge on any atom is 0.280 e. The smallest absolute Gasteiger partial charge is 0.280 e. The van der Waals surface area contributed by atoms with Gasteiger partial charge in [0.05, 0.1) is 24.3 Å². The molecule has 1 aliphatic rings. The van der Waals surface area contributed by atoms with Crippen LogP contribution in [0, 0.1) is 0 Å². The predicted octanol–water partition coefficient (Wildman–Crippen LogP) is 9.04. The molecule has 4 aromatic rings. The number of amides is 1. The van der Waals surface area contributed by atoms with Crippen molar-refractivity contribution in [1.29, 1.82) is 0 Å². The van der Waals surface area contributed by atoms with Crippen molar-refractivity contribution in [2.24, 2.45) is 0 Å². The molecule has 0 radical (unpaired) electrons. The van der Waals surface area contributed by atoms with Crippen LogP contribution in [0.4, 0.5) is 0 Å². The lowest BCUT2D eigenvalue weighted by Crippen LogP contribution is -2.28. The number of nitrogens with zero attached hydrogens (tertiary/aromatic N) is 4. The van der Waals surface area contributed by atoms with Crippen molar-refractivity contribution in [3.05, 3.63) is 106 Å². The van der Waals surface area contributed by atoms with Gasteiger partial charge in [-0.05, 0) is 32.1 Å². The first-order valence-electron chi connectivity index (χ1n) is 17.8. The fourth-order valence-corrected chi connectivity index (χ4v) is 6.52. The summed E-state index contributed by atoms with van der Waals surface area (Å²) in [6.07, 6.45) is 21.9. The summed E-state index contributed by atoms with van der Waals surface area (Å²) in [5.41, 5.74) is 2.94. The van der Waals surface area contributed by atoms with E-state index in [2.05, 4.69) is 24.2 Å². The fourth-order valence-electron chi connectivity index (χ4n) is 6.52. The highest BCUT2D eigenvalue weighted by atomic mass is 16.2. The number of unbranched alkanes of at least 4 members (excludes halogenated alkanes) is 12. The van der Waals surface area contributed by atoms with Gasteiger partial charge in [-0.25, -0.2) is 0 Å². The Kier molecular flexibility index (Phi) is 12.8. The number of benzene rings is 2. The van der Waals surface area contributed by atoms with Gasteiger partial charge in [0.2, 0.25) is 0 Å². The van der Waals surface area contributed by atoms with Crippen LogP contribution in [-0.4, -0.2) is 37.3 Å². The van der Waals surface area contributed by atoms with Gasteiger partial charge < -0.3 is 9.47 Å². The second-order valence-corrected chi connectivity index (χ2v) is 12.8. The topological polar surface area (TPSA) is 76.7 Å². The molecule has 0 fully saturated rings. The summed E-state index contributed by atoms with van der Waals surface area (Å²) in [4.78, 5) is 42.7. The van der Waals surface area contributed by atoms with Crippen LogP contribution in [-0.2, 0) is 13.1 Å². The molecule has 5 rings (SSSR count). The normalized spacial score (nSPS) is 12.9. The van der Waals surface area contributed by atoms with E-state index >= 15 is 0 Å². The van der Waals surface area contributed by atoms with E-state index in [1.807, 2.05) is 48.5 Å². The number of carbonyl (C=O) groups is 2. The standard InChI is InChI=1S/C40H50N4O3/c1-2-3-4-5-6-7-8-9-10-11-12-13-14-15-16-23-28-42-30-34-38(40(42)47)43(31-36(45)33-26-21-18-22-27-33)37-29-35(41-44(37)39(34)46)32-24-19-17-20-25-32/h9-10,17-22,24-27,29H,2-8,11-16,23,28,30-31H2,1H3/b10-9+. The number of allylic oxidation sites excluding steroid dienone is 2. The van der Waals surface area contributed by atoms with Crippen LogP contribution >= 0.6 is 0 Å². The lowest BCUT2D eigenvalue weighted by molar-refractivity contribution is 0.0767. The van der Waals surface area contributed by atoms with Crippen molar-refractivity contribution in [2.45, 2.75) is 110 Å². The number of aromatic nitrogens is 3. The number of hydrogen-bond donors (Lipinski definition) is 0. The van der Waals surface area contributed by atoms with E-state index in [4.69, 9.17) is 0 Å². The average molecular weight is 635 g/mol. The van der Waals surface area contributed by atoms with Crippen molar-refractivity contribution in [1.82, 2.24) is 19.1 Å². The number of hydrogen-bond acceptors (Lipinski definition) is 4. The van der Waals surface area contributed by atoms with Gasteiger partial charge in [-0.2, -0.15) is 9.61 Å². The Balaban J connectivity index is 1.15. The number of carbonyl (C=O) groups excluding carboxylic acids is 2. The second-order valence-electron chi connectivity index (χ2n) is 12.8. The van der Waals surface area contributed by atoms with Gasteiger partial charge in [-0.1, -0.05) is 138 Å². The first-order chi connectivity index (χ1) is 23.1. The Morgan fingerprint density at radius 2 is 1.36 bits per heavy atom. The summed E-state index contributed by atoms with van der Waals surface area (Å²) < 4.78 is 3.07. The number of Topliss-reactive ketones (excluding diaryl/α,β-unsaturated/α-hetero) is 1. The van der Waals surface area contributed by atoms with Crippen LogP contribution in [0.3, 0.4) is 0 Å². The first kappa shape index (κ1) is 34.1. The molecule has 0 saturated carbocycles. The van der Waals surface area contributed by atoms with E-state index in [-0.39, 0.29) is 30.3 Å². The zero-order valence-electron chi connectivity index (χ0n) is 28.0. The molecule has 0 N–H and O–H groups in total. The quantitative estimate of drug-likeness (QED) is 0.0552. The summed E-state index contributed by atoms with van der Waals surface area (Å²) in [6.45, 7) is 3.05. The molecule has 248 valence electrons. The summed E-state index contributed by atoms with van der Waals surface area (Å²) in [5, 5.41) is 4.64. The fraction of sp³-hybridized carbons (Fsp3) is 0.450. The van der Waals surface area contributed by atoms with E-state index in [1.54, 1.807) is 27.7 Å². The third-order valence-corrected chi connectivity index (χ3v) is 9.22. The number of ketones is 1. The van der Waals surface area contributed by atoms with E-state index in [9.17, 15) is 14.4 Å². The minimum absolute atomic E-state index is 0.0517. The summed E-state index contributed by atoms with van der Waals surface area (Å²) in [5.74, 6) is -0.309.